The maximum atomic E-state index is 11.5. The predicted molar refractivity (Wildman–Crippen MR) is 66.7 cm³/mol. The third-order valence-corrected chi connectivity index (χ3v) is 2.21. The Balaban J connectivity index is 2.34. The number of hydrogen-bond donors (Lipinski definition) is 2. The monoisotopic (exact) mass is 247 g/mol. The van der Waals surface area contributed by atoms with Crippen LogP contribution in [0.3, 0.4) is 0 Å². The molecule has 0 spiro atoms. The summed E-state index contributed by atoms with van der Waals surface area (Å²) in [5.74, 6) is 0.717. The van der Waals surface area contributed by atoms with Crippen LogP contribution in [0.15, 0.2) is 33.9 Å². The quantitative estimate of drug-likeness (QED) is 0.843. The van der Waals surface area contributed by atoms with Gasteiger partial charge in [-0.2, -0.15) is 5.10 Å². The molecule has 18 heavy (non-hydrogen) atoms. The maximum absolute atomic E-state index is 11.5. The van der Waals surface area contributed by atoms with Crippen LogP contribution in [0.5, 0.6) is 5.75 Å². The molecule has 0 unspecified atom stereocenters. The number of aromatic nitrogens is 3. The van der Waals surface area contributed by atoms with Gasteiger partial charge >= 0.3 is 5.69 Å². The van der Waals surface area contributed by atoms with Crippen LogP contribution in [-0.4, -0.2) is 21.3 Å². The molecule has 0 fully saturated rings. The second-order valence-electron chi connectivity index (χ2n) is 4.05. The van der Waals surface area contributed by atoms with Gasteiger partial charge in [0.1, 0.15) is 5.75 Å². The zero-order valence-electron chi connectivity index (χ0n) is 10.1. The SMILES string of the molecule is CC(C)Oc1ccc(-c2n[nH]c(=O)[nH]c2=O)cc1. The molecule has 0 aliphatic carbocycles. The average molecular weight is 247 g/mol. The van der Waals surface area contributed by atoms with Crippen LogP contribution in [0.25, 0.3) is 11.3 Å². The number of nitrogens with zero attached hydrogens (tertiary/aromatic N) is 1. The lowest BCUT2D eigenvalue weighted by Gasteiger charge is -2.09. The molecule has 94 valence electrons. The molecule has 2 rings (SSSR count). The van der Waals surface area contributed by atoms with Crippen molar-refractivity contribution in [1.29, 1.82) is 0 Å². The van der Waals surface area contributed by atoms with Gasteiger partial charge in [0, 0.05) is 5.56 Å². The fraction of sp³-hybridized carbons (Fsp3) is 0.250. The van der Waals surface area contributed by atoms with Crippen molar-refractivity contribution >= 4 is 0 Å². The van der Waals surface area contributed by atoms with Crippen molar-refractivity contribution in [3.63, 3.8) is 0 Å². The maximum Gasteiger partial charge on any atom is 0.342 e. The lowest BCUT2D eigenvalue weighted by atomic mass is 10.1. The normalized spacial score (nSPS) is 10.6. The molecule has 2 N–H and O–H groups in total. The van der Waals surface area contributed by atoms with Gasteiger partial charge in [-0.15, -0.1) is 0 Å². The molecule has 0 bridgehead atoms. The van der Waals surface area contributed by atoms with Crippen LogP contribution in [-0.2, 0) is 0 Å². The number of H-pyrrole nitrogens is 2. The Morgan fingerprint density at radius 2 is 1.83 bits per heavy atom. The molecule has 1 heterocycles. The van der Waals surface area contributed by atoms with Gasteiger partial charge < -0.3 is 4.74 Å². The molecule has 6 nitrogen and oxygen atoms in total. The zero-order chi connectivity index (χ0) is 13.1. The van der Waals surface area contributed by atoms with Gasteiger partial charge in [0.25, 0.3) is 5.56 Å². The molecule has 0 atom stereocenters. The third-order valence-electron chi connectivity index (χ3n) is 2.21. The van der Waals surface area contributed by atoms with Gasteiger partial charge in [0.05, 0.1) is 6.10 Å². The van der Waals surface area contributed by atoms with E-state index in [2.05, 4.69) is 15.2 Å². The van der Waals surface area contributed by atoms with Gasteiger partial charge in [-0.25, -0.2) is 9.89 Å². The minimum absolute atomic E-state index is 0.0884. The summed E-state index contributed by atoms with van der Waals surface area (Å²) in [6.07, 6.45) is 0.0884. The second-order valence-corrected chi connectivity index (χ2v) is 4.05. The summed E-state index contributed by atoms with van der Waals surface area (Å²) in [7, 11) is 0. The average Bonchev–Trinajstić information content (AvgIpc) is 2.30. The molecular formula is C12H13N3O3. The van der Waals surface area contributed by atoms with Crippen molar-refractivity contribution in [2.24, 2.45) is 0 Å². The van der Waals surface area contributed by atoms with Crippen molar-refractivity contribution in [2.45, 2.75) is 20.0 Å². The molecule has 0 radical (unpaired) electrons. The van der Waals surface area contributed by atoms with Gasteiger partial charge in [0.15, 0.2) is 5.69 Å². The lowest BCUT2D eigenvalue weighted by molar-refractivity contribution is 0.242. The van der Waals surface area contributed by atoms with E-state index in [4.69, 9.17) is 4.74 Å². The molecule has 6 heteroatoms. The summed E-state index contributed by atoms with van der Waals surface area (Å²) in [6, 6.07) is 6.93. The first-order chi connectivity index (χ1) is 8.56. The lowest BCUT2D eigenvalue weighted by Crippen LogP contribution is -2.25. The van der Waals surface area contributed by atoms with Crippen LogP contribution in [0.4, 0.5) is 0 Å². The van der Waals surface area contributed by atoms with E-state index in [1.807, 2.05) is 13.8 Å². The molecular weight excluding hydrogens is 234 g/mol. The second kappa shape index (κ2) is 4.87. The third kappa shape index (κ3) is 2.65. The van der Waals surface area contributed by atoms with Gasteiger partial charge in [-0.05, 0) is 38.1 Å². The first-order valence-corrected chi connectivity index (χ1v) is 5.52. The van der Waals surface area contributed by atoms with E-state index in [0.717, 1.165) is 5.75 Å². The molecule has 0 saturated carbocycles. The summed E-state index contributed by atoms with van der Waals surface area (Å²) in [5.41, 5.74) is -0.353. The highest BCUT2D eigenvalue weighted by Crippen LogP contribution is 2.18. The van der Waals surface area contributed by atoms with E-state index in [1.165, 1.54) is 0 Å². The predicted octanol–water partition coefficient (Wildman–Crippen LogP) is 0.912. The van der Waals surface area contributed by atoms with E-state index in [0.29, 0.717) is 5.56 Å². The molecule has 0 aliphatic heterocycles. The standard InChI is InChI=1S/C12H13N3O3/c1-7(2)18-9-5-3-8(4-6-9)10-11(16)13-12(17)15-14-10/h3-7H,1-2H3,(H2,13,15,16,17). The van der Waals surface area contributed by atoms with Crippen molar-refractivity contribution < 1.29 is 4.74 Å². The van der Waals surface area contributed by atoms with Crippen LogP contribution < -0.4 is 16.0 Å². The summed E-state index contributed by atoms with van der Waals surface area (Å²) in [6.45, 7) is 3.87. The van der Waals surface area contributed by atoms with E-state index >= 15 is 0 Å². The fourth-order valence-corrected chi connectivity index (χ4v) is 1.51. The molecule has 0 amide bonds. The van der Waals surface area contributed by atoms with Gasteiger partial charge in [-0.3, -0.25) is 9.78 Å². The van der Waals surface area contributed by atoms with Crippen molar-refractivity contribution in [3.05, 3.63) is 45.1 Å². The zero-order valence-corrected chi connectivity index (χ0v) is 10.1. The molecule has 0 aliphatic rings. The van der Waals surface area contributed by atoms with Crippen LogP contribution in [0.2, 0.25) is 0 Å². The number of rotatable bonds is 3. The van der Waals surface area contributed by atoms with E-state index in [-0.39, 0.29) is 11.8 Å². The smallest absolute Gasteiger partial charge is 0.342 e. The largest absolute Gasteiger partial charge is 0.491 e. The summed E-state index contributed by atoms with van der Waals surface area (Å²) >= 11 is 0. The van der Waals surface area contributed by atoms with Crippen molar-refractivity contribution in [3.8, 4) is 17.0 Å². The van der Waals surface area contributed by atoms with Crippen LogP contribution in [0.1, 0.15) is 13.8 Å². The van der Waals surface area contributed by atoms with E-state index in [9.17, 15) is 9.59 Å². The summed E-state index contributed by atoms with van der Waals surface area (Å²) < 4.78 is 5.49. The number of aromatic amines is 2. The Labute approximate surface area is 103 Å². The molecule has 0 saturated heterocycles. The number of nitrogens with one attached hydrogen (secondary N) is 2. The van der Waals surface area contributed by atoms with E-state index < -0.39 is 11.2 Å². The molecule has 2 aromatic rings. The minimum atomic E-state index is -0.622. The number of ether oxygens (including phenoxy) is 1. The molecule has 1 aromatic heterocycles. The summed E-state index contributed by atoms with van der Waals surface area (Å²) in [4.78, 5) is 24.5. The van der Waals surface area contributed by atoms with Crippen molar-refractivity contribution in [1.82, 2.24) is 15.2 Å². The first kappa shape index (κ1) is 12.1. The first-order valence-electron chi connectivity index (χ1n) is 5.52. The Morgan fingerprint density at radius 3 is 2.39 bits per heavy atom. The van der Waals surface area contributed by atoms with Crippen LogP contribution in [0, 0.1) is 0 Å². The summed E-state index contributed by atoms with van der Waals surface area (Å²) in [5, 5.41) is 5.91. The highest BCUT2D eigenvalue weighted by molar-refractivity contribution is 5.58. The fourth-order valence-electron chi connectivity index (χ4n) is 1.51. The highest BCUT2D eigenvalue weighted by atomic mass is 16.5. The van der Waals surface area contributed by atoms with E-state index in [1.54, 1.807) is 24.3 Å². The number of benzene rings is 1. The Bertz CT molecular complexity index is 641. The van der Waals surface area contributed by atoms with Crippen LogP contribution >= 0.6 is 0 Å². The highest BCUT2D eigenvalue weighted by Gasteiger charge is 2.06. The Hall–Kier alpha value is -2.37. The minimum Gasteiger partial charge on any atom is -0.491 e. The van der Waals surface area contributed by atoms with Gasteiger partial charge in [0.2, 0.25) is 0 Å². The van der Waals surface area contributed by atoms with Crippen molar-refractivity contribution in [2.75, 3.05) is 0 Å². The Morgan fingerprint density at radius 1 is 1.17 bits per heavy atom. The molecule has 1 aromatic carbocycles. The Kier molecular flexibility index (Phi) is 3.27. The topological polar surface area (TPSA) is 87.8 Å². The number of hydrogen-bond acceptors (Lipinski definition) is 4. The van der Waals surface area contributed by atoms with Gasteiger partial charge in [-0.1, -0.05) is 0 Å².